The van der Waals surface area contributed by atoms with Crippen LogP contribution in [-0.2, 0) is 0 Å². The molecule has 3 nitrogen and oxygen atoms in total. The molecule has 0 radical (unpaired) electrons. The number of nitrogen functional groups attached to an aromatic ring is 1. The third kappa shape index (κ3) is 2.96. The summed E-state index contributed by atoms with van der Waals surface area (Å²) in [5.41, 5.74) is 8.07. The van der Waals surface area contributed by atoms with E-state index in [1.165, 1.54) is 4.88 Å². The van der Waals surface area contributed by atoms with Crippen molar-refractivity contribution in [3.63, 3.8) is 0 Å². The van der Waals surface area contributed by atoms with Gasteiger partial charge in [0.05, 0.1) is 6.04 Å². The highest BCUT2D eigenvalue weighted by Gasteiger charge is 2.19. The molecular formula is C15H18N2OS. The van der Waals surface area contributed by atoms with Crippen LogP contribution in [0.15, 0.2) is 35.7 Å². The SMILES string of the molecule is Cc1cc(N)cc(C(=O)N(C)C(C)c2cccs2)c1. The van der Waals surface area contributed by atoms with Gasteiger partial charge >= 0.3 is 0 Å². The lowest BCUT2D eigenvalue weighted by Crippen LogP contribution is -2.29. The largest absolute Gasteiger partial charge is 0.399 e. The summed E-state index contributed by atoms with van der Waals surface area (Å²) in [6, 6.07) is 9.57. The number of hydrogen-bond acceptors (Lipinski definition) is 3. The van der Waals surface area contributed by atoms with Gasteiger partial charge in [0.25, 0.3) is 5.91 Å². The number of carbonyl (C=O) groups excluding carboxylic acids is 1. The van der Waals surface area contributed by atoms with Crippen LogP contribution in [0.5, 0.6) is 0 Å². The summed E-state index contributed by atoms with van der Waals surface area (Å²) in [4.78, 5) is 15.4. The topological polar surface area (TPSA) is 46.3 Å². The Labute approximate surface area is 117 Å². The zero-order valence-corrected chi connectivity index (χ0v) is 12.2. The van der Waals surface area contributed by atoms with E-state index in [1.54, 1.807) is 22.3 Å². The minimum absolute atomic E-state index is 0.00343. The fourth-order valence-electron chi connectivity index (χ4n) is 2.04. The van der Waals surface area contributed by atoms with Crippen LogP contribution in [0.1, 0.15) is 33.8 Å². The molecule has 1 atom stereocenters. The Balaban J connectivity index is 2.23. The monoisotopic (exact) mass is 274 g/mol. The fourth-order valence-corrected chi connectivity index (χ4v) is 2.86. The molecule has 2 rings (SSSR count). The van der Waals surface area contributed by atoms with E-state index in [-0.39, 0.29) is 11.9 Å². The van der Waals surface area contributed by atoms with E-state index in [9.17, 15) is 4.79 Å². The smallest absolute Gasteiger partial charge is 0.254 e. The summed E-state index contributed by atoms with van der Waals surface area (Å²) < 4.78 is 0. The summed E-state index contributed by atoms with van der Waals surface area (Å²) in [6.45, 7) is 3.97. The van der Waals surface area contributed by atoms with Crippen molar-refractivity contribution in [1.29, 1.82) is 0 Å². The van der Waals surface area contributed by atoms with E-state index in [1.807, 2.05) is 50.5 Å². The molecule has 0 saturated carbocycles. The second kappa shape index (κ2) is 5.45. The van der Waals surface area contributed by atoms with Crippen LogP contribution in [0.3, 0.4) is 0 Å². The van der Waals surface area contributed by atoms with Crippen LogP contribution in [0.2, 0.25) is 0 Å². The molecule has 0 aliphatic rings. The Morgan fingerprint density at radius 2 is 2.11 bits per heavy atom. The second-order valence-electron chi connectivity index (χ2n) is 4.74. The van der Waals surface area contributed by atoms with E-state index in [0.717, 1.165) is 5.56 Å². The Morgan fingerprint density at radius 1 is 1.37 bits per heavy atom. The molecule has 0 bridgehead atoms. The van der Waals surface area contributed by atoms with E-state index in [0.29, 0.717) is 11.3 Å². The van der Waals surface area contributed by atoms with Crippen molar-refractivity contribution >= 4 is 22.9 Å². The molecule has 1 aromatic carbocycles. The van der Waals surface area contributed by atoms with Gasteiger partial charge < -0.3 is 10.6 Å². The van der Waals surface area contributed by atoms with Crippen molar-refractivity contribution in [2.45, 2.75) is 19.9 Å². The maximum absolute atomic E-state index is 12.5. The lowest BCUT2D eigenvalue weighted by atomic mass is 10.1. The van der Waals surface area contributed by atoms with Gasteiger partial charge in [0.1, 0.15) is 0 Å². The zero-order chi connectivity index (χ0) is 14.0. The Morgan fingerprint density at radius 3 is 2.68 bits per heavy atom. The number of rotatable bonds is 3. The van der Waals surface area contributed by atoms with Crippen LogP contribution in [0.25, 0.3) is 0 Å². The quantitative estimate of drug-likeness (QED) is 0.871. The Kier molecular flexibility index (Phi) is 3.90. The van der Waals surface area contributed by atoms with E-state index in [2.05, 4.69) is 0 Å². The van der Waals surface area contributed by atoms with Crippen molar-refractivity contribution < 1.29 is 4.79 Å². The molecule has 0 saturated heterocycles. The number of nitrogens with zero attached hydrogens (tertiary/aromatic N) is 1. The lowest BCUT2D eigenvalue weighted by Gasteiger charge is -2.24. The van der Waals surface area contributed by atoms with Gasteiger partial charge in [-0.2, -0.15) is 0 Å². The van der Waals surface area contributed by atoms with Gasteiger partial charge in [-0.25, -0.2) is 0 Å². The molecule has 2 aromatic rings. The number of aryl methyl sites for hydroxylation is 1. The van der Waals surface area contributed by atoms with Crippen molar-refractivity contribution in [2.24, 2.45) is 0 Å². The first kappa shape index (κ1) is 13.6. The first-order valence-electron chi connectivity index (χ1n) is 6.17. The predicted octanol–water partition coefficient (Wildman–Crippen LogP) is 3.47. The highest BCUT2D eigenvalue weighted by atomic mass is 32.1. The molecule has 1 heterocycles. The molecule has 1 amide bonds. The van der Waals surface area contributed by atoms with Crippen LogP contribution >= 0.6 is 11.3 Å². The summed E-state index contributed by atoms with van der Waals surface area (Å²) in [5, 5.41) is 2.02. The predicted molar refractivity (Wildman–Crippen MR) is 80.4 cm³/mol. The molecule has 1 unspecified atom stereocenters. The van der Waals surface area contributed by atoms with Crippen molar-refractivity contribution in [3.05, 3.63) is 51.7 Å². The molecular weight excluding hydrogens is 256 g/mol. The molecule has 100 valence electrons. The van der Waals surface area contributed by atoms with Gasteiger partial charge in [0.15, 0.2) is 0 Å². The summed E-state index contributed by atoms with van der Waals surface area (Å²) in [5.74, 6) is -0.00343. The number of anilines is 1. The van der Waals surface area contributed by atoms with E-state index in [4.69, 9.17) is 5.73 Å². The molecule has 0 spiro atoms. The van der Waals surface area contributed by atoms with Crippen molar-refractivity contribution in [1.82, 2.24) is 4.90 Å². The standard InChI is InChI=1S/C15H18N2OS/c1-10-7-12(9-13(16)8-10)15(18)17(3)11(2)14-5-4-6-19-14/h4-9,11H,16H2,1-3H3. The fraction of sp³-hybridized carbons (Fsp3) is 0.267. The van der Waals surface area contributed by atoms with E-state index < -0.39 is 0 Å². The van der Waals surface area contributed by atoms with Gasteiger partial charge in [-0.1, -0.05) is 6.07 Å². The Hall–Kier alpha value is -1.81. The van der Waals surface area contributed by atoms with Crippen LogP contribution < -0.4 is 5.73 Å². The summed E-state index contributed by atoms with van der Waals surface area (Å²) in [6.07, 6.45) is 0. The Bertz CT molecular complexity index is 558. The first-order chi connectivity index (χ1) is 8.99. The number of carbonyl (C=O) groups is 1. The summed E-state index contributed by atoms with van der Waals surface area (Å²) >= 11 is 1.66. The molecule has 0 fully saturated rings. The van der Waals surface area contributed by atoms with Crippen LogP contribution in [-0.4, -0.2) is 17.9 Å². The van der Waals surface area contributed by atoms with Gasteiger partial charge in [0, 0.05) is 23.2 Å². The lowest BCUT2D eigenvalue weighted by molar-refractivity contribution is 0.0745. The number of thiophene rings is 1. The third-order valence-corrected chi connectivity index (χ3v) is 4.25. The normalized spacial score (nSPS) is 12.2. The van der Waals surface area contributed by atoms with Crippen molar-refractivity contribution in [3.8, 4) is 0 Å². The summed E-state index contributed by atoms with van der Waals surface area (Å²) in [7, 11) is 1.82. The molecule has 0 aliphatic carbocycles. The minimum atomic E-state index is -0.00343. The number of hydrogen-bond donors (Lipinski definition) is 1. The van der Waals surface area contributed by atoms with Gasteiger partial charge in [-0.05, 0) is 49.1 Å². The highest BCUT2D eigenvalue weighted by molar-refractivity contribution is 7.10. The van der Waals surface area contributed by atoms with Gasteiger partial charge in [-0.15, -0.1) is 11.3 Å². The average molecular weight is 274 g/mol. The van der Waals surface area contributed by atoms with Crippen LogP contribution in [0, 0.1) is 6.92 Å². The zero-order valence-electron chi connectivity index (χ0n) is 11.4. The maximum atomic E-state index is 12.5. The second-order valence-corrected chi connectivity index (χ2v) is 5.72. The number of amides is 1. The van der Waals surface area contributed by atoms with Gasteiger partial charge in [0.2, 0.25) is 0 Å². The third-order valence-electron chi connectivity index (χ3n) is 3.20. The molecule has 0 aliphatic heterocycles. The highest BCUT2D eigenvalue weighted by Crippen LogP contribution is 2.25. The number of benzene rings is 1. The maximum Gasteiger partial charge on any atom is 0.254 e. The first-order valence-corrected chi connectivity index (χ1v) is 7.04. The van der Waals surface area contributed by atoms with E-state index >= 15 is 0 Å². The minimum Gasteiger partial charge on any atom is -0.399 e. The van der Waals surface area contributed by atoms with Crippen LogP contribution in [0.4, 0.5) is 5.69 Å². The average Bonchev–Trinajstić information content (AvgIpc) is 2.88. The molecule has 19 heavy (non-hydrogen) atoms. The molecule has 2 N–H and O–H groups in total. The van der Waals surface area contributed by atoms with Crippen molar-refractivity contribution in [2.75, 3.05) is 12.8 Å². The molecule has 1 aromatic heterocycles. The number of nitrogens with two attached hydrogens (primary N) is 1. The van der Waals surface area contributed by atoms with Gasteiger partial charge in [-0.3, -0.25) is 4.79 Å². The molecule has 4 heteroatoms.